The summed E-state index contributed by atoms with van der Waals surface area (Å²) in [6, 6.07) is 12.3. The van der Waals surface area contributed by atoms with Crippen molar-refractivity contribution in [3.8, 4) is 0 Å². The zero-order valence-electron chi connectivity index (χ0n) is 12.0. The number of nitrogens with zero attached hydrogens (tertiary/aromatic N) is 2. The molecule has 0 bridgehead atoms. The van der Waals surface area contributed by atoms with Gasteiger partial charge in [0.2, 0.25) is 0 Å². The van der Waals surface area contributed by atoms with E-state index in [-0.39, 0.29) is 12.6 Å². The van der Waals surface area contributed by atoms with Gasteiger partial charge in [0, 0.05) is 18.4 Å². The molecule has 1 aromatic carbocycles. The van der Waals surface area contributed by atoms with E-state index < -0.39 is 0 Å². The fraction of sp³-hybridized carbons (Fsp3) is 0.375. The van der Waals surface area contributed by atoms with E-state index in [1.807, 2.05) is 38.1 Å². The van der Waals surface area contributed by atoms with Gasteiger partial charge in [-0.05, 0) is 32.3 Å². The Morgan fingerprint density at radius 1 is 1.15 bits per heavy atom. The van der Waals surface area contributed by atoms with Gasteiger partial charge in [-0.25, -0.2) is 9.97 Å². The van der Waals surface area contributed by atoms with Crippen molar-refractivity contribution < 1.29 is 5.11 Å². The van der Waals surface area contributed by atoms with Crippen molar-refractivity contribution in [2.75, 3.05) is 11.9 Å². The third-order valence-corrected chi connectivity index (χ3v) is 3.14. The number of aliphatic hydroxyl groups excluding tert-OH is 1. The van der Waals surface area contributed by atoms with Crippen LogP contribution in [0.4, 0.5) is 5.82 Å². The first kappa shape index (κ1) is 14.5. The lowest BCUT2D eigenvalue weighted by Crippen LogP contribution is -2.13. The summed E-state index contributed by atoms with van der Waals surface area (Å²) in [5.41, 5.74) is 2.16. The van der Waals surface area contributed by atoms with E-state index in [0.717, 1.165) is 30.2 Å². The Bertz CT molecular complexity index is 522. The molecule has 1 unspecified atom stereocenters. The van der Waals surface area contributed by atoms with Crippen molar-refractivity contribution in [3.05, 3.63) is 53.5 Å². The molecule has 1 heterocycles. The first-order valence-corrected chi connectivity index (χ1v) is 6.93. The second-order valence-corrected chi connectivity index (χ2v) is 4.92. The molecule has 0 aliphatic rings. The van der Waals surface area contributed by atoms with Crippen LogP contribution in [0.2, 0.25) is 0 Å². The second kappa shape index (κ2) is 7.01. The average molecular weight is 271 g/mol. The van der Waals surface area contributed by atoms with Crippen LogP contribution in [0.5, 0.6) is 0 Å². The monoisotopic (exact) mass is 271 g/mol. The molecule has 2 aromatic rings. The molecule has 2 rings (SSSR count). The molecule has 0 saturated carbocycles. The number of hydrogen-bond donors (Lipinski definition) is 2. The van der Waals surface area contributed by atoms with Gasteiger partial charge in [-0.15, -0.1) is 0 Å². The summed E-state index contributed by atoms with van der Waals surface area (Å²) in [4.78, 5) is 8.71. The van der Waals surface area contributed by atoms with Crippen LogP contribution >= 0.6 is 0 Å². The Hall–Kier alpha value is -1.94. The minimum atomic E-state index is 0.150. The van der Waals surface area contributed by atoms with Gasteiger partial charge in [-0.3, -0.25) is 0 Å². The van der Waals surface area contributed by atoms with Crippen LogP contribution in [0, 0.1) is 13.8 Å². The molecule has 0 aliphatic heterocycles. The number of anilines is 1. The summed E-state index contributed by atoms with van der Waals surface area (Å²) < 4.78 is 0. The third kappa shape index (κ3) is 4.03. The smallest absolute Gasteiger partial charge is 0.130 e. The van der Waals surface area contributed by atoms with Gasteiger partial charge < -0.3 is 10.4 Å². The molecular weight excluding hydrogens is 250 g/mol. The van der Waals surface area contributed by atoms with Gasteiger partial charge in [0.25, 0.3) is 0 Å². The number of rotatable bonds is 6. The maximum absolute atomic E-state index is 9.06. The molecule has 1 atom stereocenters. The molecule has 0 aliphatic carbocycles. The highest BCUT2D eigenvalue weighted by atomic mass is 16.2. The van der Waals surface area contributed by atoms with Crippen LogP contribution in [0.15, 0.2) is 36.4 Å². The molecule has 0 radical (unpaired) electrons. The van der Waals surface area contributed by atoms with Gasteiger partial charge in [0.15, 0.2) is 0 Å². The summed E-state index contributed by atoms with van der Waals surface area (Å²) in [7, 11) is 0. The van der Waals surface area contributed by atoms with Crippen molar-refractivity contribution >= 4 is 5.82 Å². The molecule has 0 amide bonds. The summed E-state index contributed by atoms with van der Waals surface area (Å²) in [5.74, 6) is 1.60. The molecule has 4 heteroatoms. The highest BCUT2D eigenvalue weighted by molar-refractivity contribution is 5.39. The van der Waals surface area contributed by atoms with E-state index in [1.54, 1.807) is 0 Å². The molecular formula is C16H21N3O. The Balaban J connectivity index is 2.19. The molecule has 0 fully saturated rings. The number of aromatic nitrogens is 2. The van der Waals surface area contributed by atoms with Crippen molar-refractivity contribution in [2.24, 2.45) is 0 Å². The fourth-order valence-corrected chi connectivity index (χ4v) is 2.27. The number of aliphatic hydroxyl groups is 1. The van der Waals surface area contributed by atoms with E-state index in [9.17, 15) is 0 Å². The second-order valence-electron chi connectivity index (χ2n) is 4.92. The van der Waals surface area contributed by atoms with Crippen LogP contribution in [0.25, 0.3) is 0 Å². The predicted molar refractivity (Wildman–Crippen MR) is 80.6 cm³/mol. The maximum atomic E-state index is 9.06. The number of hydrogen-bond acceptors (Lipinski definition) is 4. The Morgan fingerprint density at radius 2 is 1.90 bits per heavy atom. The normalized spacial score (nSPS) is 12.2. The van der Waals surface area contributed by atoms with E-state index in [1.165, 1.54) is 5.56 Å². The van der Waals surface area contributed by atoms with Crippen molar-refractivity contribution in [1.29, 1.82) is 0 Å². The number of aryl methyl sites for hydroxylation is 2. The van der Waals surface area contributed by atoms with Crippen LogP contribution < -0.4 is 5.32 Å². The van der Waals surface area contributed by atoms with Gasteiger partial charge in [0.1, 0.15) is 11.6 Å². The van der Waals surface area contributed by atoms with E-state index in [4.69, 9.17) is 5.11 Å². The Labute approximate surface area is 119 Å². The minimum absolute atomic E-state index is 0.150. The van der Waals surface area contributed by atoms with Crippen LogP contribution in [-0.4, -0.2) is 21.7 Å². The highest BCUT2D eigenvalue weighted by Crippen LogP contribution is 2.23. The SMILES string of the molecule is Cc1cc(NC(CCCO)c2ccccc2)nc(C)n1. The van der Waals surface area contributed by atoms with Crippen molar-refractivity contribution in [2.45, 2.75) is 32.7 Å². The van der Waals surface area contributed by atoms with E-state index >= 15 is 0 Å². The molecule has 20 heavy (non-hydrogen) atoms. The molecule has 0 spiro atoms. The zero-order chi connectivity index (χ0) is 14.4. The molecule has 1 aromatic heterocycles. The molecule has 106 valence electrons. The van der Waals surface area contributed by atoms with E-state index in [0.29, 0.717) is 0 Å². The standard InChI is InChI=1S/C16H21N3O/c1-12-11-16(18-13(2)17-12)19-15(9-6-10-20)14-7-4-3-5-8-14/h3-5,7-8,11,15,20H,6,9-10H2,1-2H3,(H,17,18,19). The third-order valence-electron chi connectivity index (χ3n) is 3.14. The quantitative estimate of drug-likeness (QED) is 0.848. The molecule has 0 saturated heterocycles. The molecule has 2 N–H and O–H groups in total. The largest absolute Gasteiger partial charge is 0.396 e. The lowest BCUT2D eigenvalue weighted by atomic mass is 10.0. The predicted octanol–water partition coefficient (Wildman–Crippen LogP) is 3.02. The minimum Gasteiger partial charge on any atom is -0.396 e. The Kier molecular flexibility index (Phi) is 5.07. The number of nitrogens with one attached hydrogen (secondary N) is 1. The summed E-state index contributed by atoms with van der Waals surface area (Å²) >= 11 is 0. The molecule has 4 nitrogen and oxygen atoms in total. The summed E-state index contributed by atoms with van der Waals surface area (Å²) in [6.07, 6.45) is 1.62. The average Bonchev–Trinajstić information content (AvgIpc) is 2.43. The lowest BCUT2D eigenvalue weighted by molar-refractivity contribution is 0.281. The van der Waals surface area contributed by atoms with Crippen LogP contribution in [0.1, 0.15) is 36.0 Å². The highest BCUT2D eigenvalue weighted by Gasteiger charge is 2.12. The Morgan fingerprint density at radius 3 is 2.55 bits per heavy atom. The first-order chi connectivity index (χ1) is 9.69. The topological polar surface area (TPSA) is 58.0 Å². The summed E-state index contributed by atoms with van der Waals surface area (Å²) in [5, 5.41) is 12.5. The first-order valence-electron chi connectivity index (χ1n) is 6.93. The maximum Gasteiger partial charge on any atom is 0.130 e. The van der Waals surface area contributed by atoms with Crippen LogP contribution in [0.3, 0.4) is 0 Å². The van der Waals surface area contributed by atoms with Gasteiger partial charge >= 0.3 is 0 Å². The lowest BCUT2D eigenvalue weighted by Gasteiger charge is -2.20. The summed E-state index contributed by atoms with van der Waals surface area (Å²) in [6.45, 7) is 4.06. The van der Waals surface area contributed by atoms with E-state index in [2.05, 4.69) is 27.4 Å². The van der Waals surface area contributed by atoms with Crippen molar-refractivity contribution in [1.82, 2.24) is 9.97 Å². The van der Waals surface area contributed by atoms with Crippen LogP contribution in [-0.2, 0) is 0 Å². The zero-order valence-corrected chi connectivity index (χ0v) is 12.0. The van der Waals surface area contributed by atoms with Gasteiger partial charge in [-0.1, -0.05) is 30.3 Å². The van der Waals surface area contributed by atoms with Crippen molar-refractivity contribution in [3.63, 3.8) is 0 Å². The fourth-order valence-electron chi connectivity index (χ4n) is 2.27. The number of benzene rings is 1. The van der Waals surface area contributed by atoms with Gasteiger partial charge in [-0.2, -0.15) is 0 Å². The van der Waals surface area contributed by atoms with Gasteiger partial charge in [0.05, 0.1) is 6.04 Å².